The van der Waals surface area contributed by atoms with E-state index in [-0.39, 0.29) is 5.56 Å². The second kappa shape index (κ2) is 8.05. The minimum Gasteiger partial charge on any atom is -0.478 e. The molecule has 0 amide bonds. The van der Waals surface area contributed by atoms with Gasteiger partial charge in [0.05, 0.1) is 5.52 Å². The average molecular weight is 391 g/mol. The van der Waals surface area contributed by atoms with Crippen molar-refractivity contribution in [2.24, 2.45) is 0 Å². The van der Waals surface area contributed by atoms with Crippen molar-refractivity contribution in [3.8, 4) is 0 Å². The number of hydrogen-bond acceptors (Lipinski definition) is 6. The van der Waals surface area contributed by atoms with E-state index in [4.69, 9.17) is 0 Å². The Labute approximate surface area is 170 Å². The molecule has 1 aromatic carbocycles. The Morgan fingerprint density at radius 1 is 1.14 bits per heavy atom. The van der Waals surface area contributed by atoms with Crippen LogP contribution in [0.25, 0.3) is 10.9 Å². The second-order valence-electron chi connectivity index (χ2n) is 7.41. The number of carbonyl (C=O) groups is 1. The lowest BCUT2D eigenvalue weighted by molar-refractivity contribution is 0.0697. The number of aryl methyl sites for hydroxylation is 1. The largest absolute Gasteiger partial charge is 0.478 e. The van der Waals surface area contributed by atoms with Gasteiger partial charge in [0.25, 0.3) is 0 Å². The van der Waals surface area contributed by atoms with Crippen LogP contribution in [-0.2, 0) is 6.54 Å². The van der Waals surface area contributed by atoms with Crippen LogP contribution < -0.4 is 10.2 Å². The molecule has 1 fully saturated rings. The second-order valence-corrected chi connectivity index (χ2v) is 7.41. The summed E-state index contributed by atoms with van der Waals surface area (Å²) in [6.07, 6.45) is 1.80. The first kappa shape index (κ1) is 19.1. The van der Waals surface area contributed by atoms with Gasteiger partial charge in [-0.15, -0.1) is 0 Å². The molecular formula is C22H25N5O2. The Bertz CT molecular complexity index is 1040. The minimum absolute atomic E-state index is 0.216. The van der Waals surface area contributed by atoms with Gasteiger partial charge < -0.3 is 20.2 Å². The molecular weight excluding hydrogens is 366 g/mol. The number of anilines is 2. The van der Waals surface area contributed by atoms with Crippen molar-refractivity contribution in [2.45, 2.75) is 13.5 Å². The Morgan fingerprint density at radius 3 is 2.66 bits per heavy atom. The number of likely N-dealkylation sites (N-methyl/N-ethyl adjacent to an activating group) is 1. The summed E-state index contributed by atoms with van der Waals surface area (Å²) >= 11 is 0. The van der Waals surface area contributed by atoms with Crippen LogP contribution in [0.1, 0.15) is 21.5 Å². The van der Waals surface area contributed by atoms with Gasteiger partial charge in [0, 0.05) is 49.9 Å². The van der Waals surface area contributed by atoms with Crippen molar-refractivity contribution in [3.63, 3.8) is 0 Å². The maximum atomic E-state index is 11.9. The average Bonchev–Trinajstić information content (AvgIpc) is 2.73. The molecule has 0 saturated carbocycles. The summed E-state index contributed by atoms with van der Waals surface area (Å²) in [6, 6.07) is 11.6. The van der Waals surface area contributed by atoms with E-state index < -0.39 is 5.97 Å². The summed E-state index contributed by atoms with van der Waals surface area (Å²) in [5.74, 6) is 0.359. The lowest BCUT2D eigenvalue weighted by atomic mass is 10.0. The number of piperazine rings is 1. The van der Waals surface area contributed by atoms with Gasteiger partial charge in [0.15, 0.2) is 0 Å². The Hall–Kier alpha value is -3.19. The third-order valence-corrected chi connectivity index (χ3v) is 5.48. The van der Waals surface area contributed by atoms with E-state index >= 15 is 0 Å². The van der Waals surface area contributed by atoms with Crippen molar-refractivity contribution in [2.75, 3.05) is 43.4 Å². The molecule has 0 aliphatic carbocycles. The highest BCUT2D eigenvalue weighted by Gasteiger charge is 2.20. The van der Waals surface area contributed by atoms with Crippen LogP contribution in [0.3, 0.4) is 0 Å². The van der Waals surface area contributed by atoms with Crippen LogP contribution >= 0.6 is 0 Å². The maximum absolute atomic E-state index is 11.9. The third kappa shape index (κ3) is 3.86. The standard InChI is InChI=1S/C22H25N5O2/c1-15-17-7-3-4-8-18(17)25-20(19(15)22(28)29)24-14-16-6-5-9-23-21(16)27-12-10-26(2)11-13-27/h3-9H,10-14H2,1-2H3,(H,24,25)(H,28,29). The number of fused-ring (bicyclic) bond motifs is 1. The first-order valence-corrected chi connectivity index (χ1v) is 9.78. The summed E-state index contributed by atoms with van der Waals surface area (Å²) in [7, 11) is 2.12. The van der Waals surface area contributed by atoms with Crippen molar-refractivity contribution in [1.82, 2.24) is 14.9 Å². The molecule has 2 aromatic heterocycles. The lowest BCUT2D eigenvalue weighted by Crippen LogP contribution is -2.45. The normalized spacial score (nSPS) is 14.9. The van der Waals surface area contributed by atoms with E-state index in [9.17, 15) is 9.90 Å². The first-order valence-electron chi connectivity index (χ1n) is 9.78. The van der Waals surface area contributed by atoms with E-state index in [2.05, 4.69) is 32.1 Å². The van der Waals surface area contributed by atoms with Gasteiger partial charge in [0.2, 0.25) is 0 Å². The first-order chi connectivity index (χ1) is 14.0. The number of aromatic nitrogens is 2. The van der Waals surface area contributed by atoms with E-state index in [0.29, 0.717) is 12.4 Å². The maximum Gasteiger partial charge on any atom is 0.339 e. The zero-order chi connectivity index (χ0) is 20.4. The molecule has 7 nitrogen and oxygen atoms in total. The molecule has 150 valence electrons. The van der Waals surface area contributed by atoms with Crippen LogP contribution in [-0.4, -0.2) is 59.2 Å². The topological polar surface area (TPSA) is 81.6 Å². The van der Waals surface area contributed by atoms with Gasteiger partial charge in [0.1, 0.15) is 17.2 Å². The van der Waals surface area contributed by atoms with Crippen LogP contribution in [0.2, 0.25) is 0 Å². The molecule has 1 aliphatic rings. The lowest BCUT2D eigenvalue weighted by Gasteiger charge is -2.34. The number of aromatic carboxylic acids is 1. The number of hydrogen-bond donors (Lipinski definition) is 2. The van der Waals surface area contributed by atoms with Gasteiger partial charge in [-0.05, 0) is 31.7 Å². The quantitative estimate of drug-likeness (QED) is 0.692. The van der Waals surface area contributed by atoms with Crippen molar-refractivity contribution >= 4 is 28.5 Å². The highest BCUT2D eigenvalue weighted by atomic mass is 16.4. The van der Waals surface area contributed by atoms with E-state index in [0.717, 1.165) is 54.0 Å². The van der Waals surface area contributed by atoms with E-state index in [1.54, 1.807) is 6.20 Å². The predicted molar refractivity (Wildman–Crippen MR) is 115 cm³/mol. The van der Waals surface area contributed by atoms with Crippen LogP contribution in [0.5, 0.6) is 0 Å². The minimum atomic E-state index is -0.978. The summed E-state index contributed by atoms with van der Waals surface area (Å²) in [5.41, 5.74) is 2.74. The predicted octanol–water partition coefficient (Wildman–Crippen LogP) is 3.00. The molecule has 1 saturated heterocycles. The van der Waals surface area contributed by atoms with Gasteiger partial charge in [-0.1, -0.05) is 24.3 Å². The Kier molecular flexibility index (Phi) is 5.31. The molecule has 0 spiro atoms. The van der Waals surface area contributed by atoms with Gasteiger partial charge in [-0.2, -0.15) is 0 Å². The van der Waals surface area contributed by atoms with Crippen LogP contribution in [0, 0.1) is 6.92 Å². The number of benzene rings is 1. The van der Waals surface area contributed by atoms with E-state index in [1.807, 2.05) is 43.3 Å². The highest BCUT2D eigenvalue weighted by molar-refractivity contribution is 6.01. The zero-order valence-corrected chi connectivity index (χ0v) is 16.7. The highest BCUT2D eigenvalue weighted by Crippen LogP contribution is 2.27. The molecule has 0 unspecified atom stereocenters. The van der Waals surface area contributed by atoms with Gasteiger partial charge >= 0.3 is 5.97 Å². The summed E-state index contributed by atoms with van der Waals surface area (Å²) in [4.78, 5) is 25.7. The Balaban J connectivity index is 1.64. The fourth-order valence-corrected chi connectivity index (χ4v) is 3.82. The molecule has 29 heavy (non-hydrogen) atoms. The summed E-state index contributed by atoms with van der Waals surface area (Å²) in [5, 5.41) is 13.9. The molecule has 2 N–H and O–H groups in total. The van der Waals surface area contributed by atoms with Crippen molar-refractivity contribution in [3.05, 3.63) is 59.3 Å². The van der Waals surface area contributed by atoms with Gasteiger partial charge in [-0.25, -0.2) is 14.8 Å². The number of nitrogens with zero attached hydrogens (tertiary/aromatic N) is 4. The smallest absolute Gasteiger partial charge is 0.339 e. The van der Waals surface area contributed by atoms with Crippen LogP contribution in [0.4, 0.5) is 11.6 Å². The Morgan fingerprint density at radius 2 is 1.90 bits per heavy atom. The fraction of sp³-hybridized carbons (Fsp3) is 0.318. The molecule has 4 rings (SSSR count). The molecule has 3 aromatic rings. The monoisotopic (exact) mass is 391 g/mol. The van der Waals surface area contributed by atoms with Gasteiger partial charge in [-0.3, -0.25) is 0 Å². The van der Waals surface area contributed by atoms with E-state index in [1.165, 1.54) is 0 Å². The number of carboxylic acids is 1. The number of pyridine rings is 2. The fourth-order valence-electron chi connectivity index (χ4n) is 3.82. The van der Waals surface area contributed by atoms with Crippen molar-refractivity contribution < 1.29 is 9.90 Å². The number of carboxylic acid groups (broad SMARTS) is 1. The molecule has 3 heterocycles. The summed E-state index contributed by atoms with van der Waals surface area (Å²) in [6.45, 7) is 6.14. The summed E-state index contributed by atoms with van der Waals surface area (Å²) < 4.78 is 0. The number of rotatable bonds is 5. The third-order valence-electron chi connectivity index (χ3n) is 5.48. The molecule has 1 aliphatic heterocycles. The molecule has 0 radical (unpaired) electrons. The molecule has 7 heteroatoms. The zero-order valence-electron chi connectivity index (χ0n) is 16.7. The SMILES string of the molecule is Cc1c(C(=O)O)c(NCc2cccnc2N2CCN(C)CC2)nc2ccccc12. The molecule has 0 atom stereocenters. The number of para-hydroxylation sites is 1. The van der Waals surface area contributed by atoms with Crippen LogP contribution in [0.15, 0.2) is 42.6 Å². The number of nitrogens with one attached hydrogen (secondary N) is 1. The van der Waals surface area contributed by atoms with Crippen molar-refractivity contribution in [1.29, 1.82) is 0 Å². The molecule has 0 bridgehead atoms.